The summed E-state index contributed by atoms with van der Waals surface area (Å²) in [5.41, 5.74) is 5.06. The van der Waals surface area contributed by atoms with E-state index in [9.17, 15) is 9.59 Å². The molecular weight excluding hydrogens is 608 g/mol. The first kappa shape index (κ1) is 32.0. The molecule has 0 fully saturated rings. The van der Waals surface area contributed by atoms with E-state index < -0.39 is 5.97 Å². The maximum absolute atomic E-state index is 14.4. The van der Waals surface area contributed by atoms with Crippen LogP contribution in [0.25, 0.3) is 32.6 Å². The average Bonchev–Trinajstić information content (AvgIpc) is 3.39. The quantitative estimate of drug-likeness (QED) is 0.0437. The van der Waals surface area contributed by atoms with Gasteiger partial charge in [0.25, 0.3) is 0 Å². The molecule has 6 nitrogen and oxygen atoms in total. The van der Waals surface area contributed by atoms with Gasteiger partial charge in [0, 0.05) is 52.0 Å². The van der Waals surface area contributed by atoms with Crippen LogP contribution in [0.15, 0.2) is 102 Å². The Balaban J connectivity index is 1.54. The first-order valence-corrected chi connectivity index (χ1v) is 16.5. The van der Waals surface area contributed by atoms with Crippen LogP contribution in [-0.2, 0) is 16.2 Å². The fraction of sp³-hybridized carbons (Fsp3) is 0.225. The summed E-state index contributed by atoms with van der Waals surface area (Å²) in [6.07, 6.45) is 4.52. The van der Waals surface area contributed by atoms with Crippen LogP contribution in [0.5, 0.6) is 5.75 Å². The van der Waals surface area contributed by atoms with Crippen molar-refractivity contribution in [1.82, 2.24) is 4.57 Å². The van der Waals surface area contributed by atoms with Crippen molar-refractivity contribution in [2.45, 2.75) is 53.0 Å². The third-order valence-electron chi connectivity index (χ3n) is 8.45. The van der Waals surface area contributed by atoms with Gasteiger partial charge in [0.2, 0.25) is 0 Å². The molecule has 0 unspecified atom stereocenters. The number of fused-ring (bicyclic) bond motifs is 4. The predicted molar refractivity (Wildman–Crippen MR) is 191 cm³/mol. The van der Waals surface area contributed by atoms with Gasteiger partial charge in [-0.05, 0) is 66.6 Å². The second-order valence-electron chi connectivity index (χ2n) is 11.6. The first-order valence-electron chi connectivity index (χ1n) is 16.2. The predicted octanol–water partition coefficient (Wildman–Crippen LogP) is 10.1. The van der Waals surface area contributed by atoms with Gasteiger partial charge in [-0.2, -0.15) is 0 Å². The number of nitrogens with zero attached hydrogens (tertiary/aromatic N) is 2. The Labute approximate surface area is 279 Å². The van der Waals surface area contributed by atoms with Crippen LogP contribution in [0, 0.1) is 0 Å². The topological polar surface area (TPSA) is 69.9 Å². The highest BCUT2D eigenvalue weighted by molar-refractivity contribution is 6.35. The molecule has 0 saturated heterocycles. The minimum absolute atomic E-state index is 0.0969. The zero-order chi connectivity index (χ0) is 32.9. The van der Waals surface area contributed by atoms with Crippen LogP contribution >= 0.6 is 11.6 Å². The molecule has 0 saturated carbocycles. The molecule has 6 aromatic rings. The summed E-state index contributed by atoms with van der Waals surface area (Å²) in [5, 5.41) is 8.48. The van der Waals surface area contributed by atoms with Crippen molar-refractivity contribution < 1.29 is 19.2 Å². The van der Waals surface area contributed by atoms with Crippen LogP contribution in [0.3, 0.4) is 0 Å². The largest absolute Gasteiger partial charge is 0.493 e. The highest BCUT2D eigenvalue weighted by Gasteiger charge is 2.21. The van der Waals surface area contributed by atoms with Crippen molar-refractivity contribution >= 4 is 61.6 Å². The van der Waals surface area contributed by atoms with E-state index in [1.807, 2.05) is 85.8 Å². The Kier molecular flexibility index (Phi) is 9.69. The third-order valence-corrected chi connectivity index (χ3v) is 8.78. The van der Waals surface area contributed by atoms with Gasteiger partial charge in [-0.25, -0.2) is 4.79 Å². The lowest BCUT2D eigenvalue weighted by Crippen LogP contribution is -2.07. The van der Waals surface area contributed by atoms with E-state index in [1.165, 1.54) is 13.3 Å². The molecule has 0 spiro atoms. The number of hydrogen-bond donors (Lipinski definition) is 0. The highest BCUT2D eigenvalue weighted by Crippen LogP contribution is 2.35. The van der Waals surface area contributed by atoms with Gasteiger partial charge in [-0.15, -0.1) is 0 Å². The van der Waals surface area contributed by atoms with E-state index in [-0.39, 0.29) is 5.78 Å². The average molecular weight is 645 g/mol. The molecular formula is C40H37ClN2O4. The van der Waals surface area contributed by atoms with Gasteiger partial charge in [-0.1, -0.05) is 97.5 Å². The van der Waals surface area contributed by atoms with Gasteiger partial charge < -0.3 is 14.1 Å². The van der Waals surface area contributed by atoms with Crippen LogP contribution in [-0.4, -0.2) is 28.6 Å². The molecule has 5 aromatic carbocycles. The van der Waals surface area contributed by atoms with Crippen molar-refractivity contribution in [3.63, 3.8) is 0 Å². The van der Waals surface area contributed by atoms with Crippen molar-refractivity contribution in [3.8, 4) is 5.75 Å². The number of ether oxygens (including phenoxy) is 1. The Hall–Kier alpha value is -4.94. The van der Waals surface area contributed by atoms with Crippen molar-refractivity contribution in [2.75, 3.05) is 6.61 Å². The minimum atomic E-state index is -0.526. The fourth-order valence-electron chi connectivity index (χ4n) is 6.26. The van der Waals surface area contributed by atoms with Gasteiger partial charge >= 0.3 is 5.97 Å². The van der Waals surface area contributed by atoms with Crippen molar-refractivity contribution in [2.24, 2.45) is 5.16 Å². The molecule has 0 aliphatic heterocycles. The number of aryl methyl sites for hydroxylation is 1. The zero-order valence-electron chi connectivity index (χ0n) is 26.9. The van der Waals surface area contributed by atoms with E-state index >= 15 is 0 Å². The zero-order valence-corrected chi connectivity index (χ0v) is 27.6. The SMILES string of the molecule is CCCCCCn1c2ccc(C(=O)c3c(OCC)ccc4ccccc34)cc2c2cc(/C(=N\OC(C)=O)c3ccccc3Cl)ccc21. The molecule has 0 bridgehead atoms. The number of hydrogen-bond acceptors (Lipinski definition) is 5. The molecule has 0 N–H and O–H groups in total. The number of carbonyl (C=O) groups excluding carboxylic acids is 2. The molecule has 238 valence electrons. The number of carbonyl (C=O) groups is 2. The summed E-state index contributed by atoms with van der Waals surface area (Å²) < 4.78 is 8.30. The summed E-state index contributed by atoms with van der Waals surface area (Å²) in [7, 11) is 0. The number of aromatic nitrogens is 1. The van der Waals surface area contributed by atoms with E-state index in [0.717, 1.165) is 63.9 Å². The van der Waals surface area contributed by atoms with E-state index in [1.54, 1.807) is 6.07 Å². The summed E-state index contributed by atoms with van der Waals surface area (Å²) >= 11 is 6.60. The molecule has 0 aliphatic carbocycles. The maximum atomic E-state index is 14.4. The lowest BCUT2D eigenvalue weighted by atomic mass is 9.95. The second-order valence-corrected chi connectivity index (χ2v) is 12.0. The summed E-state index contributed by atoms with van der Waals surface area (Å²) in [4.78, 5) is 31.3. The fourth-order valence-corrected chi connectivity index (χ4v) is 6.48. The number of oxime groups is 1. The van der Waals surface area contributed by atoms with Gasteiger partial charge in [0.05, 0.1) is 17.2 Å². The Morgan fingerprint density at radius 3 is 2.19 bits per heavy atom. The van der Waals surface area contributed by atoms with Crippen molar-refractivity contribution in [3.05, 3.63) is 124 Å². The maximum Gasteiger partial charge on any atom is 0.332 e. The van der Waals surface area contributed by atoms with Gasteiger partial charge in [0.1, 0.15) is 11.5 Å². The third kappa shape index (κ3) is 6.51. The summed E-state index contributed by atoms with van der Waals surface area (Å²) in [5.74, 6) is -0.0503. The number of halogens is 1. The standard InChI is InChI=1S/C40H37ClN2O4/c1-4-6-7-12-23-43-35-20-17-28(39(42-47-26(3)44)31-15-10-11-16-34(31)41)24-32(35)33-25-29(18-21-36(33)43)40(45)38-30-14-9-8-13-27(30)19-22-37(38)46-5-2/h8-11,13-22,24-25H,4-7,12,23H2,1-3H3/b42-39+. The highest BCUT2D eigenvalue weighted by atomic mass is 35.5. The van der Waals surface area contributed by atoms with E-state index in [0.29, 0.717) is 39.8 Å². The number of unbranched alkanes of at least 4 members (excludes halogenated alkanes) is 3. The molecule has 0 amide bonds. The van der Waals surface area contributed by atoms with Crippen LogP contribution < -0.4 is 4.74 Å². The molecule has 47 heavy (non-hydrogen) atoms. The van der Waals surface area contributed by atoms with E-state index in [4.69, 9.17) is 21.2 Å². The Morgan fingerprint density at radius 2 is 1.47 bits per heavy atom. The normalized spacial score (nSPS) is 11.8. The molecule has 1 aromatic heterocycles. The second kappa shape index (κ2) is 14.2. The van der Waals surface area contributed by atoms with Gasteiger partial charge in [-0.3, -0.25) is 4.79 Å². The molecule has 6 rings (SSSR count). The van der Waals surface area contributed by atoms with Crippen LogP contribution in [0.4, 0.5) is 0 Å². The van der Waals surface area contributed by atoms with Crippen LogP contribution in [0.1, 0.15) is 73.5 Å². The van der Waals surface area contributed by atoms with E-state index in [2.05, 4.69) is 28.8 Å². The molecule has 0 radical (unpaired) electrons. The molecule has 1 heterocycles. The van der Waals surface area contributed by atoms with Gasteiger partial charge in [0.15, 0.2) is 5.78 Å². The number of rotatable bonds is 12. The van der Waals surface area contributed by atoms with Crippen molar-refractivity contribution in [1.29, 1.82) is 0 Å². The number of ketones is 1. The molecule has 0 aliphatic rings. The monoisotopic (exact) mass is 644 g/mol. The summed E-state index contributed by atoms with van der Waals surface area (Å²) in [6.45, 7) is 6.75. The lowest BCUT2D eigenvalue weighted by molar-refractivity contribution is -0.140. The minimum Gasteiger partial charge on any atom is -0.493 e. The molecule has 7 heteroatoms. The first-order chi connectivity index (χ1) is 22.9. The Bertz CT molecular complexity index is 2150. The Morgan fingerprint density at radius 1 is 0.766 bits per heavy atom. The van der Waals surface area contributed by atoms with Crippen LogP contribution in [0.2, 0.25) is 5.02 Å². The lowest BCUT2D eigenvalue weighted by Gasteiger charge is -2.13. The summed E-state index contributed by atoms with van der Waals surface area (Å²) in [6, 6.07) is 31.2. The smallest absolute Gasteiger partial charge is 0.332 e. The molecule has 0 atom stereocenters. The number of benzene rings is 5.